The molecule has 0 radical (unpaired) electrons. The summed E-state index contributed by atoms with van der Waals surface area (Å²) in [5, 5.41) is 3.04. The van der Waals surface area contributed by atoms with Crippen LogP contribution >= 0.6 is 0 Å². The summed E-state index contributed by atoms with van der Waals surface area (Å²) in [5.74, 6) is -0.796. The van der Waals surface area contributed by atoms with Gasteiger partial charge in [-0.05, 0) is 43.9 Å². The Kier molecular flexibility index (Phi) is 7.38. The minimum absolute atomic E-state index is 0.0789. The molecular formula is C27H31N5O4. The van der Waals surface area contributed by atoms with Gasteiger partial charge in [-0.3, -0.25) is 23.5 Å². The number of benzene rings is 2. The number of ketones is 1. The summed E-state index contributed by atoms with van der Waals surface area (Å²) >= 11 is 0. The number of amides is 1. The number of anilines is 2. The van der Waals surface area contributed by atoms with Gasteiger partial charge in [-0.15, -0.1) is 0 Å². The number of nitrogen functional groups attached to an aromatic ring is 1. The molecule has 1 fully saturated rings. The predicted octanol–water partition coefficient (Wildman–Crippen LogP) is 2.50. The zero-order valence-electron chi connectivity index (χ0n) is 20.6. The molecule has 0 spiro atoms. The van der Waals surface area contributed by atoms with Crippen molar-refractivity contribution in [3.05, 3.63) is 91.6 Å². The standard InChI is InChI=1S/C27H31N5O4/c1-3-31-26(35)23(24(28)32(27(31)36)17-19-11-5-4-6-12-19)21(33)16-29-20-13-9-10-18(2)22(20)25(34)30-14-7-8-15-30/h4-6,9-13,29H,3,7-8,14-17,28H2,1-2H3. The Bertz CT molecular complexity index is 1400. The van der Waals surface area contributed by atoms with Crippen molar-refractivity contribution in [2.75, 3.05) is 30.7 Å². The maximum Gasteiger partial charge on any atom is 0.332 e. The molecule has 1 aliphatic heterocycles. The summed E-state index contributed by atoms with van der Waals surface area (Å²) in [6.45, 7) is 4.92. The minimum Gasteiger partial charge on any atom is -0.384 e. The van der Waals surface area contributed by atoms with Crippen LogP contribution in [0.2, 0.25) is 0 Å². The summed E-state index contributed by atoms with van der Waals surface area (Å²) in [5.41, 5.74) is 7.39. The SMILES string of the molecule is CCn1c(=O)c(C(=O)CNc2cccc(C)c2C(=O)N2CCCC2)c(N)n(Cc2ccccc2)c1=O. The summed E-state index contributed by atoms with van der Waals surface area (Å²) in [4.78, 5) is 54.3. The van der Waals surface area contributed by atoms with Gasteiger partial charge in [-0.25, -0.2) is 4.79 Å². The molecule has 1 amide bonds. The van der Waals surface area contributed by atoms with Gasteiger partial charge in [0, 0.05) is 25.3 Å². The molecule has 0 bridgehead atoms. The number of likely N-dealkylation sites (tertiary alicyclic amines) is 1. The fourth-order valence-electron chi connectivity index (χ4n) is 4.62. The van der Waals surface area contributed by atoms with E-state index < -0.39 is 17.0 Å². The van der Waals surface area contributed by atoms with Crippen LogP contribution in [-0.2, 0) is 13.1 Å². The lowest BCUT2D eigenvalue weighted by molar-refractivity contribution is 0.0792. The fraction of sp³-hybridized carbons (Fsp3) is 0.333. The molecule has 9 nitrogen and oxygen atoms in total. The van der Waals surface area contributed by atoms with Gasteiger partial charge < -0.3 is 16.0 Å². The monoisotopic (exact) mass is 489 g/mol. The Hall–Kier alpha value is -4.14. The normalized spacial score (nSPS) is 13.1. The molecule has 1 aliphatic rings. The van der Waals surface area contributed by atoms with Crippen molar-refractivity contribution in [1.82, 2.24) is 14.0 Å². The molecule has 1 saturated heterocycles. The van der Waals surface area contributed by atoms with E-state index in [1.54, 1.807) is 19.1 Å². The van der Waals surface area contributed by atoms with Gasteiger partial charge in [0.25, 0.3) is 11.5 Å². The zero-order valence-corrected chi connectivity index (χ0v) is 20.6. The van der Waals surface area contributed by atoms with Crippen LogP contribution in [0.5, 0.6) is 0 Å². The summed E-state index contributed by atoms with van der Waals surface area (Å²) in [7, 11) is 0. The Balaban J connectivity index is 1.66. The number of carbonyl (C=O) groups excluding carboxylic acids is 2. The number of aromatic nitrogens is 2. The van der Waals surface area contributed by atoms with Gasteiger partial charge in [0.1, 0.15) is 11.4 Å². The predicted molar refractivity (Wildman–Crippen MR) is 140 cm³/mol. The lowest BCUT2D eigenvalue weighted by Crippen LogP contribution is -2.44. The first-order valence-corrected chi connectivity index (χ1v) is 12.2. The van der Waals surface area contributed by atoms with Crippen molar-refractivity contribution in [3.8, 4) is 0 Å². The van der Waals surface area contributed by atoms with Crippen LogP contribution in [0.15, 0.2) is 58.1 Å². The summed E-state index contributed by atoms with van der Waals surface area (Å²) in [6, 6.07) is 14.6. The molecule has 36 heavy (non-hydrogen) atoms. The van der Waals surface area contributed by atoms with Gasteiger partial charge in [-0.2, -0.15) is 0 Å². The van der Waals surface area contributed by atoms with Crippen LogP contribution < -0.4 is 22.3 Å². The van der Waals surface area contributed by atoms with E-state index in [0.29, 0.717) is 24.3 Å². The highest BCUT2D eigenvalue weighted by atomic mass is 16.2. The third-order valence-corrected chi connectivity index (χ3v) is 6.57. The second kappa shape index (κ2) is 10.6. The van der Waals surface area contributed by atoms with Crippen molar-refractivity contribution < 1.29 is 9.59 Å². The van der Waals surface area contributed by atoms with Crippen molar-refractivity contribution in [2.45, 2.75) is 39.8 Å². The molecule has 0 aliphatic carbocycles. The Morgan fingerprint density at radius 1 is 0.944 bits per heavy atom. The third-order valence-electron chi connectivity index (χ3n) is 6.57. The van der Waals surface area contributed by atoms with Crippen LogP contribution in [0.4, 0.5) is 11.5 Å². The molecule has 0 saturated carbocycles. The largest absolute Gasteiger partial charge is 0.384 e. The molecule has 2 aromatic carbocycles. The van der Waals surface area contributed by atoms with Crippen LogP contribution in [0.1, 0.15) is 51.6 Å². The summed E-state index contributed by atoms with van der Waals surface area (Å²) in [6.07, 6.45) is 1.95. The minimum atomic E-state index is -0.714. The second-order valence-corrected chi connectivity index (χ2v) is 8.94. The molecule has 3 N–H and O–H groups in total. The number of carbonyl (C=O) groups is 2. The van der Waals surface area contributed by atoms with Crippen LogP contribution in [-0.4, -0.2) is 45.4 Å². The van der Waals surface area contributed by atoms with Crippen molar-refractivity contribution in [2.24, 2.45) is 0 Å². The zero-order chi connectivity index (χ0) is 25.8. The lowest BCUT2D eigenvalue weighted by Gasteiger charge is -2.20. The van der Waals surface area contributed by atoms with Gasteiger partial charge in [0.15, 0.2) is 5.78 Å². The first-order valence-electron chi connectivity index (χ1n) is 12.2. The van der Waals surface area contributed by atoms with E-state index in [0.717, 1.165) is 28.5 Å². The number of nitrogens with two attached hydrogens (primary N) is 1. The number of aryl methyl sites for hydroxylation is 1. The van der Waals surface area contributed by atoms with Gasteiger partial charge in [-0.1, -0.05) is 42.5 Å². The maximum atomic E-state index is 13.3. The van der Waals surface area contributed by atoms with Crippen molar-refractivity contribution >= 4 is 23.2 Å². The molecule has 0 unspecified atom stereocenters. The molecule has 9 heteroatoms. The van der Waals surface area contributed by atoms with E-state index in [1.165, 1.54) is 4.57 Å². The van der Waals surface area contributed by atoms with E-state index in [9.17, 15) is 19.2 Å². The highest BCUT2D eigenvalue weighted by Gasteiger charge is 2.25. The molecular weight excluding hydrogens is 458 g/mol. The average Bonchev–Trinajstić information content (AvgIpc) is 3.41. The van der Waals surface area contributed by atoms with Crippen LogP contribution in [0, 0.1) is 6.92 Å². The fourth-order valence-corrected chi connectivity index (χ4v) is 4.62. The first-order chi connectivity index (χ1) is 17.3. The van der Waals surface area contributed by atoms with Crippen molar-refractivity contribution in [3.63, 3.8) is 0 Å². The Morgan fingerprint density at radius 2 is 1.64 bits per heavy atom. The maximum absolute atomic E-state index is 13.3. The van der Waals surface area contributed by atoms with E-state index in [-0.39, 0.29) is 36.9 Å². The first kappa shape index (κ1) is 25.0. The topological polar surface area (TPSA) is 119 Å². The van der Waals surface area contributed by atoms with E-state index >= 15 is 0 Å². The van der Waals surface area contributed by atoms with Gasteiger partial charge in [0.05, 0.1) is 18.7 Å². The number of Topliss-reactive ketones (excluding diaryl/α,β-unsaturated/α-hetero) is 1. The second-order valence-electron chi connectivity index (χ2n) is 8.94. The number of hydrogen-bond acceptors (Lipinski definition) is 6. The van der Waals surface area contributed by atoms with Crippen LogP contribution in [0.3, 0.4) is 0 Å². The number of nitrogens with zero attached hydrogens (tertiary/aromatic N) is 3. The smallest absolute Gasteiger partial charge is 0.332 e. The molecule has 0 atom stereocenters. The van der Waals surface area contributed by atoms with Crippen molar-refractivity contribution in [1.29, 1.82) is 0 Å². The van der Waals surface area contributed by atoms with E-state index in [1.807, 2.05) is 48.2 Å². The quantitative estimate of drug-likeness (QED) is 0.469. The molecule has 1 aromatic heterocycles. The highest BCUT2D eigenvalue weighted by Crippen LogP contribution is 2.24. The molecule has 3 aromatic rings. The van der Waals surface area contributed by atoms with E-state index in [2.05, 4.69) is 5.32 Å². The number of hydrogen-bond donors (Lipinski definition) is 2. The van der Waals surface area contributed by atoms with Crippen LogP contribution in [0.25, 0.3) is 0 Å². The van der Waals surface area contributed by atoms with Gasteiger partial charge >= 0.3 is 5.69 Å². The third kappa shape index (κ3) is 4.82. The molecule has 2 heterocycles. The van der Waals surface area contributed by atoms with E-state index in [4.69, 9.17) is 5.73 Å². The lowest BCUT2D eigenvalue weighted by atomic mass is 10.0. The Morgan fingerprint density at radius 3 is 2.31 bits per heavy atom. The Labute approximate surface area is 209 Å². The number of rotatable bonds is 8. The average molecular weight is 490 g/mol. The number of nitrogens with one attached hydrogen (secondary N) is 1. The van der Waals surface area contributed by atoms with Gasteiger partial charge in [0.2, 0.25) is 0 Å². The highest BCUT2D eigenvalue weighted by molar-refractivity contribution is 6.04. The summed E-state index contributed by atoms with van der Waals surface area (Å²) < 4.78 is 2.27. The molecule has 188 valence electrons. The molecule has 4 rings (SSSR count).